The van der Waals surface area contributed by atoms with Crippen molar-refractivity contribution in [3.63, 3.8) is 0 Å². The Kier molecular flexibility index (Phi) is 4.60. The first-order valence-electron chi connectivity index (χ1n) is 8.19. The molecule has 24 heavy (non-hydrogen) atoms. The van der Waals surface area contributed by atoms with Gasteiger partial charge in [-0.1, -0.05) is 12.1 Å². The van der Waals surface area contributed by atoms with Gasteiger partial charge in [0, 0.05) is 36.6 Å². The predicted octanol–water partition coefficient (Wildman–Crippen LogP) is 4.56. The standard InChI is InChI=1S/C19H21N3O2/c1-14-5-7-17(12-19(14)22(23)24)20-13-16-6-8-18(11-15(16)2)21-9-3-4-10-21/h5-8,11-13H,3-4,9-10H2,1-2H3. The van der Waals surface area contributed by atoms with Gasteiger partial charge in [-0.15, -0.1) is 0 Å². The smallest absolute Gasteiger partial charge is 0.274 e. The Morgan fingerprint density at radius 2 is 1.83 bits per heavy atom. The molecule has 0 aliphatic carbocycles. The van der Waals surface area contributed by atoms with Gasteiger partial charge in [0.15, 0.2) is 0 Å². The molecule has 5 heteroatoms. The van der Waals surface area contributed by atoms with Crippen molar-refractivity contribution in [2.75, 3.05) is 18.0 Å². The molecule has 3 rings (SSSR count). The third-order valence-electron chi connectivity index (χ3n) is 4.47. The van der Waals surface area contributed by atoms with Gasteiger partial charge in [0.1, 0.15) is 0 Å². The van der Waals surface area contributed by atoms with Crippen molar-refractivity contribution in [3.8, 4) is 0 Å². The molecule has 0 aromatic heterocycles. The van der Waals surface area contributed by atoms with Crippen LogP contribution in [0.3, 0.4) is 0 Å². The zero-order valence-electron chi connectivity index (χ0n) is 14.0. The number of aryl methyl sites for hydroxylation is 2. The van der Waals surface area contributed by atoms with Crippen molar-refractivity contribution < 1.29 is 4.92 Å². The van der Waals surface area contributed by atoms with Gasteiger partial charge in [0.2, 0.25) is 0 Å². The van der Waals surface area contributed by atoms with E-state index in [0.717, 1.165) is 24.2 Å². The molecule has 0 saturated carbocycles. The molecular weight excluding hydrogens is 302 g/mol. The van der Waals surface area contributed by atoms with Crippen LogP contribution in [0.5, 0.6) is 0 Å². The largest absolute Gasteiger partial charge is 0.372 e. The number of nitrogens with zero attached hydrogens (tertiary/aromatic N) is 3. The lowest BCUT2D eigenvalue weighted by Crippen LogP contribution is -2.17. The molecular formula is C19H21N3O2. The summed E-state index contributed by atoms with van der Waals surface area (Å²) < 4.78 is 0. The van der Waals surface area contributed by atoms with Gasteiger partial charge in [0.05, 0.1) is 10.6 Å². The SMILES string of the molecule is Cc1cc(N2CCCC2)ccc1C=Nc1ccc(C)c([N+](=O)[O-])c1. The predicted molar refractivity (Wildman–Crippen MR) is 97.7 cm³/mol. The van der Waals surface area contributed by atoms with E-state index < -0.39 is 0 Å². The molecule has 0 spiro atoms. The van der Waals surface area contributed by atoms with Crippen LogP contribution >= 0.6 is 0 Å². The van der Waals surface area contributed by atoms with Crippen molar-refractivity contribution in [1.29, 1.82) is 0 Å². The van der Waals surface area contributed by atoms with Gasteiger partial charge in [0.25, 0.3) is 5.69 Å². The number of nitro groups is 1. The molecule has 1 fully saturated rings. The number of rotatable bonds is 4. The number of hydrogen-bond donors (Lipinski definition) is 0. The number of nitro benzene ring substituents is 1. The highest BCUT2D eigenvalue weighted by atomic mass is 16.6. The topological polar surface area (TPSA) is 58.7 Å². The van der Waals surface area contributed by atoms with Crippen LogP contribution in [-0.2, 0) is 0 Å². The highest BCUT2D eigenvalue weighted by Gasteiger charge is 2.13. The van der Waals surface area contributed by atoms with Gasteiger partial charge in [-0.2, -0.15) is 0 Å². The third kappa shape index (κ3) is 3.45. The summed E-state index contributed by atoms with van der Waals surface area (Å²) in [4.78, 5) is 17.4. The number of hydrogen-bond acceptors (Lipinski definition) is 4. The van der Waals surface area contributed by atoms with Crippen LogP contribution in [0.4, 0.5) is 17.1 Å². The first-order chi connectivity index (χ1) is 11.5. The molecule has 5 nitrogen and oxygen atoms in total. The molecule has 124 valence electrons. The Morgan fingerprint density at radius 3 is 2.50 bits per heavy atom. The Bertz CT molecular complexity index is 793. The van der Waals surface area contributed by atoms with Crippen LogP contribution in [-0.4, -0.2) is 24.2 Å². The third-order valence-corrected chi connectivity index (χ3v) is 4.47. The zero-order chi connectivity index (χ0) is 17.1. The van der Waals surface area contributed by atoms with Gasteiger partial charge in [-0.25, -0.2) is 0 Å². The summed E-state index contributed by atoms with van der Waals surface area (Å²) in [5.41, 5.74) is 4.78. The second-order valence-electron chi connectivity index (χ2n) is 6.22. The van der Waals surface area contributed by atoms with Gasteiger partial charge in [-0.3, -0.25) is 15.1 Å². The Hall–Kier alpha value is -2.69. The first kappa shape index (κ1) is 16.2. The van der Waals surface area contributed by atoms with Crippen molar-refractivity contribution in [1.82, 2.24) is 0 Å². The highest BCUT2D eigenvalue weighted by Crippen LogP contribution is 2.25. The summed E-state index contributed by atoms with van der Waals surface area (Å²) in [5.74, 6) is 0. The van der Waals surface area contributed by atoms with Crippen molar-refractivity contribution in [3.05, 3.63) is 63.2 Å². The van der Waals surface area contributed by atoms with Gasteiger partial charge >= 0.3 is 0 Å². The molecule has 1 aliphatic heterocycles. The fraction of sp³-hybridized carbons (Fsp3) is 0.316. The van der Waals surface area contributed by atoms with Crippen LogP contribution in [0, 0.1) is 24.0 Å². The molecule has 1 heterocycles. The quantitative estimate of drug-likeness (QED) is 0.471. The summed E-state index contributed by atoms with van der Waals surface area (Å²) in [7, 11) is 0. The van der Waals surface area contributed by atoms with E-state index in [-0.39, 0.29) is 10.6 Å². The molecule has 2 aromatic rings. The van der Waals surface area contributed by atoms with E-state index in [9.17, 15) is 10.1 Å². The summed E-state index contributed by atoms with van der Waals surface area (Å²) in [5, 5.41) is 11.0. The lowest BCUT2D eigenvalue weighted by molar-refractivity contribution is -0.385. The molecule has 1 saturated heterocycles. The van der Waals surface area contributed by atoms with Crippen molar-refractivity contribution in [2.24, 2.45) is 4.99 Å². The maximum atomic E-state index is 11.0. The molecule has 0 radical (unpaired) electrons. The second kappa shape index (κ2) is 6.83. The van der Waals surface area contributed by atoms with Gasteiger partial charge in [-0.05, 0) is 56.0 Å². The first-order valence-corrected chi connectivity index (χ1v) is 8.19. The summed E-state index contributed by atoms with van der Waals surface area (Å²) in [6.07, 6.45) is 4.29. The van der Waals surface area contributed by atoms with Crippen molar-refractivity contribution >= 4 is 23.3 Å². The number of anilines is 1. The van der Waals surface area contributed by atoms with Crippen LogP contribution in [0.25, 0.3) is 0 Å². The van der Waals surface area contributed by atoms with E-state index >= 15 is 0 Å². The van der Waals surface area contributed by atoms with Crippen LogP contribution in [0.15, 0.2) is 41.4 Å². The lowest BCUT2D eigenvalue weighted by atomic mass is 10.1. The van der Waals surface area contributed by atoms with E-state index in [0.29, 0.717) is 11.3 Å². The average molecular weight is 323 g/mol. The zero-order valence-corrected chi connectivity index (χ0v) is 14.0. The van der Waals surface area contributed by atoms with E-state index in [2.05, 4.69) is 35.0 Å². The molecule has 0 N–H and O–H groups in total. The normalized spacial score (nSPS) is 14.5. The van der Waals surface area contributed by atoms with E-state index in [1.807, 2.05) is 0 Å². The summed E-state index contributed by atoms with van der Waals surface area (Å²) in [6, 6.07) is 11.4. The van der Waals surface area contributed by atoms with E-state index in [1.165, 1.54) is 24.6 Å². The Labute approximate surface area is 141 Å². The monoisotopic (exact) mass is 323 g/mol. The molecule has 0 unspecified atom stereocenters. The Balaban J connectivity index is 1.81. The molecule has 1 aliphatic rings. The van der Waals surface area contributed by atoms with Gasteiger partial charge < -0.3 is 4.90 Å². The maximum Gasteiger partial charge on any atom is 0.274 e. The Morgan fingerprint density at radius 1 is 1.08 bits per heavy atom. The minimum atomic E-state index is -0.371. The minimum Gasteiger partial charge on any atom is -0.372 e. The molecule has 0 atom stereocenters. The van der Waals surface area contributed by atoms with Crippen LogP contribution in [0.2, 0.25) is 0 Å². The molecule has 0 bridgehead atoms. The van der Waals surface area contributed by atoms with E-state index in [4.69, 9.17) is 0 Å². The average Bonchev–Trinajstić information content (AvgIpc) is 3.09. The maximum absolute atomic E-state index is 11.0. The van der Waals surface area contributed by atoms with Crippen LogP contribution < -0.4 is 4.90 Å². The number of benzene rings is 2. The molecule has 2 aromatic carbocycles. The fourth-order valence-corrected chi connectivity index (χ4v) is 3.00. The number of aliphatic imine (C=N–C) groups is 1. The lowest BCUT2D eigenvalue weighted by Gasteiger charge is -2.18. The molecule has 0 amide bonds. The van der Waals surface area contributed by atoms with Crippen LogP contribution in [0.1, 0.15) is 29.5 Å². The summed E-state index contributed by atoms with van der Waals surface area (Å²) in [6.45, 7) is 6.05. The summed E-state index contributed by atoms with van der Waals surface area (Å²) >= 11 is 0. The fourth-order valence-electron chi connectivity index (χ4n) is 3.00. The minimum absolute atomic E-state index is 0.103. The van der Waals surface area contributed by atoms with E-state index in [1.54, 1.807) is 25.3 Å². The second-order valence-corrected chi connectivity index (χ2v) is 6.22. The highest BCUT2D eigenvalue weighted by molar-refractivity contribution is 5.84. The van der Waals surface area contributed by atoms with Crippen molar-refractivity contribution in [2.45, 2.75) is 26.7 Å².